The Bertz CT molecular complexity index is 1370. The van der Waals surface area contributed by atoms with Gasteiger partial charge in [0.15, 0.2) is 0 Å². The zero-order valence-corrected chi connectivity index (χ0v) is 21.3. The van der Waals surface area contributed by atoms with Gasteiger partial charge in [-0.1, -0.05) is 29.8 Å². The fourth-order valence-electron chi connectivity index (χ4n) is 5.70. The van der Waals surface area contributed by atoms with Gasteiger partial charge >= 0.3 is 0 Å². The molecule has 37 heavy (non-hydrogen) atoms. The molecule has 2 amide bonds. The number of aryl methyl sites for hydroxylation is 2. The van der Waals surface area contributed by atoms with E-state index >= 15 is 0 Å². The van der Waals surface area contributed by atoms with Crippen molar-refractivity contribution in [3.8, 4) is 17.2 Å². The van der Waals surface area contributed by atoms with Gasteiger partial charge in [0.2, 0.25) is 11.8 Å². The number of amides is 2. The minimum Gasteiger partial charge on any atom is -0.508 e. The lowest BCUT2D eigenvalue weighted by Crippen LogP contribution is -2.52. The monoisotopic (exact) mass is 501 g/mol. The van der Waals surface area contributed by atoms with Gasteiger partial charge in [-0.2, -0.15) is 0 Å². The molecule has 2 heterocycles. The smallest absolute Gasteiger partial charge is 0.250 e. The number of rotatable bonds is 6. The maximum absolute atomic E-state index is 14.0. The van der Waals surface area contributed by atoms with Crippen LogP contribution in [0, 0.1) is 19.8 Å². The van der Waals surface area contributed by atoms with Gasteiger partial charge < -0.3 is 25.2 Å². The lowest BCUT2D eigenvalue weighted by molar-refractivity contribution is -0.130. The summed E-state index contributed by atoms with van der Waals surface area (Å²) in [5.41, 5.74) is 3.78. The molecule has 0 bridgehead atoms. The van der Waals surface area contributed by atoms with Crippen molar-refractivity contribution in [3.63, 3.8) is 0 Å². The highest BCUT2D eigenvalue weighted by Crippen LogP contribution is 2.49. The summed E-state index contributed by atoms with van der Waals surface area (Å²) in [6, 6.07) is 16.1. The minimum atomic E-state index is -1.22. The number of hydrogen-bond donors (Lipinski definition) is 4. The predicted octanol–water partition coefficient (Wildman–Crippen LogP) is 4.03. The number of phenolic OH excluding ortho intramolecular Hbond substituents is 1. The maximum Gasteiger partial charge on any atom is 0.250 e. The number of carbonyl (C=O) groups is 2. The molecule has 2 aliphatic rings. The summed E-state index contributed by atoms with van der Waals surface area (Å²) in [5, 5.41) is 19.3. The van der Waals surface area contributed by atoms with Crippen molar-refractivity contribution in [3.05, 3.63) is 76.9 Å². The van der Waals surface area contributed by atoms with Crippen LogP contribution in [-0.4, -0.2) is 37.2 Å². The van der Waals surface area contributed by atoms with E-state index in [1.54, 1.807) is 37.4 Å². The normalized spacial score (nSPS) is 22.0. The SMILES string of the molecule is COc1ccc(OC)c(NC(=O)[C@@H]2C[C@H](Cc3ccc(O)cc3)N[C@@]23C(=O)Nc2c(C)cc(C)cc23)c1. The molecule has 192 valence electrons. The predicted molar refractivity (Wildman–Crippen MR) is 141 cm³/mol. The Hall–Kier alpha value is -4.04. The van der Waals surface area contributed by atoms with E-state index in [1.807, 2.05) is 38.1 Å². The highest BCUT2D eigenvalue weighted by Gasteiger charge is 2.60. The van der Waals surface area contributed by atoms with E-state index in [9.17, 15) is 14.7 Å². The number of methoxy groups -OCH3 is 2. The fraction of sp³-hybridized carbons (Fsp3) is 0.310. The second-order valence-corrected chi connectivity index (χ2v) is 9.82. The van der Waals surface area contributed by atoms with Crippen molar-refractivity contribution in [1.29, 1.82) is 0 Å². The first-order chi connectivity index (χ1) is 17.7. The number of benzene rings is 3. The molecular weight excluding hydrogens is 470 g/mol. The number of ether oxygens (including phenoxy) is 2. The number of phenols is 1. The van der Waals surface area contributed by atoms with Crippen LogP contribution in [0.4, 0.5) is 11.4 Å². The Kier molecular flexibility index (Phi) is 6.29. The van der Waals surface area contributed by atoms with Gasteiger partial charge in [-0.3, -0.25) is 14.9 Å². The zero-order valence-electron chi connectivity index (χ0n) is 21.3. The van der Waals surface area contributed by atoms with Crippen molar-refractivity contribution < 1.29 is 24.2 Å². The molecule has 1 saturated heterocycles. The van der Waals surface area contributed by atoms with Crippen LogP contribution < -0.4 is 25.4 Å². The van der Waals surface area contributed by atoms with Crippen molar-refractivity contribution in [2.24, 2.45) is 5.92 Å². The summed E-state index contributed by atoms with van der Waals surface area (Å²) in [7, 11) is 3.09. The van der Waals surface area contributed by atoms with Crippen LogP contribution in [0.3, 0.4) is 0 Å². The van der Waals surface area contributed by atoms with Crippen molar-refractivity contribution in [2.45, 2.75) is 38.3 Å². The Balaban J connectivity index is 1.55. The highest BCUT2D eigenvalue weighted by molar-refractivity contribution is 6.11. The fourth-order valence-corrected chi connectivity index (χ4v) is 5.70. The average Bonchev–Trinajstić information content (AvgIpc) is 3.39. The number of fused-ring (bicyclic) bond motifs is 2. The van der Waals surface area contributed by atoms with E-state index in [0.29, 0.717) is 30.0 Å². The quantitative estimate of drug-likeness (QED) is 0.406. The molecule has 4 N–H and O–H groups in total. The summed E-state index contributed by atoms with van der Waals surface area (Å²) < 4.78 is 10.8. The van der Waals surface area contributed by atoms with Crippen LogP contribution in [0.2, 0.25) is 0 Å². The van der Waals surface area contributed by atoms with E-state index < -0.39 is 11.5 Å². The molecule has 0 aliphatic carbocycles. The van der Waals surface area contributed by atoms with Crippen LogP contribution >= 0.6 is 0 Å². The molecule has 8 heteroatoms. The number of aromatic hydroxyl groups is 1. The van der Waals surface area contributed by atoms with Crippen LogP contribution in [0.25, 0.3) is 0 Å². The molecule has 0 radical (unpaired) electrons. The number of anilines is 2. The number of hydrogen-bond acceptors (Lipinski definition) is 6. The van der Waals surface area contributed by atoms with E-state index in [-0.39, 0.29) is 23.6 Å². The molecule has 1 fully saturated rings. The van der Waals surface area contributed by atoms with Gasteiger partial charge in [0.25, 0.3) is 0 Å². The first kappa shape index (κ1) is 24.6. The van der Waals surface area contributed by atoms with E-state index in [1.165, 1.54) is 7.11 Å². The van der Waals surface area contributed by atoms with Crippen LogP contribution in [-0.2, 0) is 21.5 Å². The third kappa shape index (κ3) is 4.27. The molecule has 3 atom stereocenters. The Labute approximate surface area is 216 Å². The second kappa shape index (κ2) is 9.44. The summed E-state index contributed by atoms with van der Waals surface area (Å²) in [6.45, 7) is 3.95. The topological polar surface area (TPSA) is 109 Å². The molecule has 0 saturated carbocycles. The van der Waals surface area contributed by atoms with Crippen LogP contribution in [0.5, 0.6) is 17.2 Å². The van der Waals surface area contributed by atoms with Gasteiger partial charge in [0.05, 0.1) is 25.8 Å². The van der Waals surface area contributed by atoms with E-state index in [2.05, 4.69) is 16.0 Å². The van der Waals surface area contributed by atoms with Gasteiger partial charge in [-0.15, -0.1) is 0 Å². The first-order valence-corrected chi connectivity index (χ1v) is 12.3. The molecule has 0 aromatic heterocycles. The minimum absolute atomic E-state index is 0.148. The number of nitrogens with one attached hydrogen (secondary N) is 3. The van der Waals surface area contributed by atoms with Crippen molar-refractivity contribution >= 4 is 23.2 Å². The Morgan fingerprint density at radius 3 is 2.54 bits per heavy atom. The largest absolute Gasteiger partial charge is 0.508 e. The molecule has 3 aromatic carbocycles. The standard InChI is InChI=1S/C29H31N3O5/c1-16-11-17(2)26-22(12-16)29(28(35)31-26)23(14-19(32-29)13-18-5-7-20(33)8-6-18)27(34)30-24-15-21(36-3)9-10-25(24)37-4/h5-12,15,19,23,32-33H,13-14H2,1-4H3,(H,30,34)(H,31,35)/t19-,23-,29+/m0/s1. The summed E-state index contributed by atoms with van der Waals surface area (Å²) in [4.78, 5) is 27.7. The molecule has 2 aliphatic heterocycles. The van der Waals surface area contributed by atoms with Crippen molar-refractivity contribution in [1.82, 2.24) is 5.32 Å². The second-order valence-electron chi connectivity index (χ2n) is 9.82. The summed E-state index contributed by atoms with van der Waals surface area (Å²) >= 11 is 0. The Morgan fingerprint density at radius 1 is 1.08 bits per heavy atom. The summed E-state index contributed by atoms with van der Waals surface area (Å²) in [6.07, 6.45) is 1.04. The molecule has 1 spiro atoms. The van der Waals surface area contributed by atoms with Gasteiger partial charge in [-0.05, 0) is 62.1 Å². The zero-order chi connectivity index (χ0) is 26.3. The molecule has 8 nitrogen and oxygen atoms in total. The molecule has 3 aromatic rings. The third-order valence-electron chi connectivity index (χ3n) is 7.38. The van der Waals surface area contributed by atoms with Gasteiger partial charge in [0, 0.05) is 23.4 Å². The average molecular weight is 502 g/mol. The van der Waals surface area contributed by atoms with Gasteiger partial charge in [-0.25, -0.2) is 0 Å². The molecule has 5 rings (SSSR count). The molecule has 0 unspecified atom stereocenters. The lowest BCUT2D eigenvalue weighted by atomic mass is 9.78. The van der Waals surface area contributed by atoms with Gasteiger partial charge in [0.1, 0.15) is 22.8 Å². The Morgan fingerprint density at radius 2 is 1.84 bits per heavy atom. The molecular formula is C29H31N3O5. The third-order valence-corrected chi connectivity index (χ3v) is 7.38. The van der Waals surface area contributed by atoms with Crippen LogP contribution in [0.1, 0.15) is 28.7 Å². The van der Waals surface area contributed by atoms with E-state index in [4.69, 9.17) is 9.47 Å². The summed E-state index contributed by atoms with van der Waals surface area (Å²) in [5.74, 6) is 0.0669. The van der Waals surface area contributed by atoms with Crippen molar-refractivity contribution in [2.75, 3.05) is 24.9 Å². The highest BCUT2D eigenvalue weighted by atomic mass is 16.5. The number of carbonyl (C=O) groups excluding carboxylic acids is 2. The maximum atomic E-state index is 14.0. The first-order valence-electron chi connectivity index (χ1n) is 12.3. The lowest BCUT2D eigenvalue weighted by Gasteiger charge is -2.30. The van der Waals surface area contributed by atoms with E-state index in [0.717, 1.165) is 27.9 Å². The van der Waals surface area contributed by atoms with Crippen LogP contribution in [0.15, 0.2) is 54.6 Å².